The maximum atomic E-state index is 5.46. The van der Waals surface area contributed by atoms with E-state index in [1.807, 2.05) is 24.3 Å². The highest BCUT2D eigenvalue weighted by Gasteiger charge is 2.06. The molecule has 0 saturated carbocycles. The van der Waals surface area contributed by atoms with E-state index in [2.05, 4.69) is 26.2 Å². The normalized spacial score (nSPS) is 10.8. The van der Waals surface area contributed by atoms with Crippen molar-refractivity contribution in [1.29, 1.82) is 0 Å². The van der Waals surface area contributed by atoms with Crippen LogP contribution in [0.1, 0.15) is 5.69 Å². The Bertz CT molecular complexity index is 499. The summed E-state index contributed by atoms with van der Waals surface area (Å²) >= 11 is 3.43. The molecule has 0 fully saturated rings. The van der Waals surface area contributed by atoms with Crippen LogP contribution < -0.4 is 5.32 Å². The minimum Gasteiger partial charge on any atom is -0.444 e. The lowest BCUT2D eigenvalue weighted by molar-refractivity contribution is 0.199. The highest BCUT2D eigenvalue weighted by atomic mass is 79.9. The van der Waals surface area contributed by atoms with Gasteiger partial charge in [-0.15, -0.1) is 0 Å². The maximum Gasteiger partial charge on any atom is 0.226 e. The van der Waals surface area contributed by atoms with Crippen LogP contribution >= 0.6 is 15.9 Å². The molecule has 0 aliphatic carbocycles. The fourth-order valence-corrected chi connectivity index (χ4v) is 1.93. The van der Waals surface area contributed by atoms with Gasteiger partial charge in [0.05, 0.1) is 12.3 Å². The number of nitrogens with zero attached hydrogens (tertiary/aromatic N) is 1. The minimum absolute atomic E-state index is 0.639. The smallest absolute Gasteiger partial charge is 0.226 e. The molecule has 18 heavy (non-hydrogen) atoms. The number of aromatic nitrogens is 1. The molecular formula is C13H15BrN2O2. The number of hydrogen-bond donors (Lipinski definition) is 1. The zero-order valence-corrected chi connectivity index (χ0v) is 11.7. The lowest BCUT2D eigenvalue weighted by atomic mass is 10.2. The number of hydrogen-bond acceptors (Lipinski definition) is 4. The van der Waals surface area contributed by atoms with Gasteiger partial charge in [0.25, 0.3) is 0 Å². The van der Waals surface area contributed by atoms with Gasteiger partial charge in [-0.3, -0.25) is 0 Å². The maximum absolute atomic E-state index is 5.46. The average Bonchev–Trinajstić information content (AvgIpc) is 2.83. The quantitative estimate of drug-likeness (QED) is 0.833. The first-order chi connectivity index (χ1) is 8.79. The summed E-state index contributed by atoms with van der Waals surface area (Å²) in [6, 6.07) is 7.88. The van der Waals surface area contributed by atoms with Crippen molar-refractivity contribution in [3.05, 3.63) is 40.7 Å². The Morgan fingerprint density at radius 3 is 3.11 bits per heavy atom. The summed E-state index contributed by atoms with van der Waals surface area (Å²) in [6.45, 7) is 2.17. The fourth-order valence-electron chi connectivity index (χ4n) is 1.53. The third kappa shape index (κ3) is 3.66. The second-order valence-corrected chi connectivity index (χ2v) is 4.74. The van der Waals surface area contributed by atoms with Crippen LogP contribution in [0.15, 0.2) is 39.4 Å². The molecule has 1 aromatic carbocycles. The van der Waals surface area contributed by atoms with Gasteiger partial charge in [0.15, 0.2) is 0 Å². The van der Waals surface area contributed by atoms with Crippen molar-refractivity contribution in [2.75, 3.05) is 20.3 Å². The van der Waals surface area contributed by atoms with Crippen molar-refractivity contribution in [3.63, 3.8) is 0 Å². The fraction of sp³-hybridized carbons (Fsp3) is 0.308. The van der Waals surface area contributed by atoms with Crippen molar-refractivity contribution in [1.82, 2.24) is 10.3 Å². The van der Waals surface area contributed by atoms with E-state index in [0.717, 1.165) is 22.3 Å². The molecule has 2 aromatic rings. The SMILES string of the molecule is COCCNCc1coc(-c2cccc(Br)c2)n1. The summed E-state index contributed by atoms with van der Waals surface area (Å²) in [7, 11) is 1.68. The molecule has 96 valence electrons. The summed E-state index contributed by atoms with van der Waals surface area (Å²) in [4.78, 5) is 4.43. The molecule has 4 nitrogen and oxygen atoms in total. The predicted molar refractivity (Wildman–Crippen MR) is 73.2 cm³/mol. The van der Waals surface area contributed by atoms with Gasteiger partial charge in [-0.25, -0.2) is 4.98 Å². The van der Waals surface area contributed by atoms with Gasteiger partial charge in [-0.1, -0.05) is 22.0 Å². The number of benzene rings is 1. The van der Waals surface area contributed by atoms with Crippen molar-refractivity contribution in [3.8, 4) is 11.5 Å². The van der Waals surface area contributed by atoms with Crippen molar-refractivity contribution in [2.45, 2.75) is 6.54 Å². The van der Waals surface area contributed by atoms with Crippen molar-refractivity contribution >= 4 is 15.9 Å². The van der Waals surface area contributed by atoms with Gasteiger partial charge in [0, 0.05) is 30.2 Å². The first-order valence-electron chi connectivity index (χ1n) is 5.69. The summed E-state index contributed by atoms with van der Waals surface area (Å²) in [5.41, 5.74) is 1.86. The molecule has 2 rings (SSSR count). The van der Waals surface area contributed by atoms with Gasteiger partial charge < -0.3 is 14.5 Å². The standard InChI is InChI=1S/C13H15BrN2O2/c1-17-6-5-15-8-12-9-18-13(16-12)10-3-2-4-11(14)7-10/h2-4,7,9,15H,5-6,8H2,1H3. The molecule has 5 heteroatoms. The predicted octanol–water partition coefficient (Wildman–Crippen LogP) is 2.84. The molecular weight excluding hydrogens is 296 g/mol. The van der Waals surface area contributed by atoms with Crippen LogP contribution in [0.4, 0.5) is 0 Å². The number of halogens is 1. The van der Waals surface area contributed by atoms with Gasteiger partial charge in [-0.2, -0.15) is 0 Å². The first-order valence-corrected chi connectivity index (χ1v) is 6.49. The molecule has 0 bridgehead atoms. The third-order valence-corrected chi connectivity index (χ3v) is 2.91. The second kappa shape index (κ2) is 6.68. The van der Waals surface area contributed by atoms with Crippen LogP contribution in [0.2, 0.25) is 0 Å². The van der Waals surface area contributed by atoms with Gasteiger partial charge in [0.2, 0.25) is 5.89 Å². The topological polar surface area (TPSA) is 47.3 Å². The number of ether oxygens (including phenoxy) is 1. The molecule has 0 aliphatic rings. The molecule has 1 heterocycles. The van der Waals surface area contributed by atoms with E-state index in [-0.39, 0.29) is 0 Å². The average molecular weight is 311 g/mol. The Morgan fingerprint density at radius 2 is 2.33 bits per heavy atom. The minimum atomic E-state index is 0.639. The van der Waals surface area contributed by atoms with Gasteiger partial charge in [0.1, 0.15) is 6.26 Å². The summed E-state index contributed by atoms with van der Waals surface area (Å²) in [5, 5.41) is 3.22. The Hall–Kier alpha value is -1.17. The Kier molecular flexibility index (Phi) is 4.92. The van der Waals surface area contributed by atoms with E-state index < -0.39 is 0 Å². The van der Waals surface area contributed by atoms with Crippen LogP contribution in [-0.4, -0.2) is 25.2 Å². The molecule has 0 radical (unpaired) electrons. The van der Waals surface area contributed by atoms with Crippen molar-refractivity contribution < 1.29 is 9.15 Å². The third-order valence-electron chi connectivity index (χ3n) is 2.41. The summed E-state index contributed by atoms with van der Waals surface area (Å²) in [5.74, 6) is 0.639. The second-order valence-electron chi connectivity index (χ2n) is 3.82. The van der Waals surface area contributed by atoms with Gasteiger partial charge in [-0.05, 0) is 18.2 Å². The molecule has 1 N–H and O–H groups in total. The molecule has 0 atom stereocenters. The van der Waals surface area contributed by atoms with Crippen LogP contribution in [0, 0.1) is 0 Å². The highest BCUT2D eigenvalue weighted by molar-refractivity contribution is 9.10. The number of nitrogens with one attached hydrogen (secondary N) is 1. The zero-order valence-electron chi connectivity index (χ0n) is 10.1. The Morgan fingerprint density at radius 1 is 1.44 bits per heavy atom. The van der Waals surface area contributed by atoms with Crippen LogP contribution in [0.5, 0.6) is 0 Å². The Labute approximate surface area is 114 Å². The van der Waals surface area contributed by atoms with Gasteiger partial charge >= 0.3 is 0 Å². The Balaban J connectivity index is 1.97. The number of rotatable bonds is 6. The zero-order chi connectivity index (χ0) is 12.8. The molecule has 0 unspecified atom stereocenters. The lowest BCUT2D eigenvalue weighted by Gasteiger charge is -1.99. The van der Waals surface area contributed by atoms with E-state index in [0.29, 0.717) is 19.0 Å². The van der Waals surface area contributed by atoms with Crippen molar-refractivity contribution in [2.24, 2.45) is 0 Å². The van der Waals surface area contributed by atoms with Crippen LogP contribution in [-0.2, 0) is 11.3 Å². The molecule has 0 aliphatic heterocycles. The van der Waals surface area contributed by atoms with E-state index >= 15 is 0 Å². The van der Waals surface area contributed by atoms with Crippen LogP contribution in [0.25, 0.3) is 11.5 Å². The summed E-state index contributed by atoms with van der Waals surface area (Å²) < 4.78 is 11.4. The van der Waals surface area contributed by atoms with E-state index in [1.54, 1.807) is 13.4 Å². The molecule has 0 saturated heterocycles. The lowest BCUT2D eigenvalue weighted by Crippen LogP contribution is -2.18. The molecule has 0 spiro atoms. The van der Waals surface area contributed by atoms with E-state index in [9.17, 15) is 0 Å². The number of methoxy groups -OCH3 is 1. The largest absolute Gasteiger partial charge is 0.444 e. The highest BCUT2D eigenvalue weighted by Crippen LogP contribution is 2.22. The molecule has 0 amide bonds. The number of oxazole rings is 1. The van der Waals surface area contributed by atoms with E-state index in [1.165, 1.54) is 0 Å². The summed E-state index contributed by atoms with van der Waals surface area (Å²) in [6.07, 6.45) is 1.68. The molecule has 1 aromatic heterocycles. The first kappa shape index (κ1) is 13.3. The monoisotopic (exact) mass is 310 g/mol. The van der Waals surface area contributed by atoms with Crippen LogP contribution in [0.3, 0.4) is 0 Å². The van der Waals surface area contributed by atoms with E-state index in [4.69, 9.17) is 9.15 Å².